The van der Waals surface area contributed by atoms with Crippen LogP contribution in [0, 0.1) is 6.92 Å². The number of carbonyl (C=O) groups excluding carboxylic acids is 2. The van der Waals surface area contributed by atoms with E-state index in [4.69, 9.17) is 9.47 Å². The van der Waals surface area contributed by atoms with Gasteiger partial charge in [-0.15, -0.1) is 0 Å². The third-order valence-corrected chi connectivity index (χ3v) is 2.63. The first-order valence-electron chi connectivity index (χ1n) is 5.78. The van der Waals surface area contributed by atoms with Crippen LogP contribution < -0.4 is 10.1 Å². The average molecular weight is 249 g/mol. The number of rotatable bonds is 3. The van der Waals surface area contributed by atoms with Crippen molar-refractivity contribution in [1.82, 2.24) is 5.32 Å². The van der Waals surface area contributed by atoms with Crippen molar-refractivity contribution in [2.45, 2.75) is 26.5 Å². The SMILES string of the molecule is CC(=O)OCCC1NC(=O)c2cc(C)ccc2O1. The zero-order chi connectivity index (χ0) is 13.1. The zero-order valence-corrected chi connectivity index (χ0v) is 10.4. The standard InChI is InChI=1S/C13H15NO4/c1-8-3-4-11-10(7-8)13(16)14-12(18-11)5-6-17-9(2)15/h3-4,7,12H,5-6H2,1-2H3,(H,14,16). The maximum Gasteiger partial charge on any atom is 0.302 e. The average Bonchev–Trinajstić information content (AvgIpc) is 2.30. The van der Waals surface area contributed by atoms with Crippen molar-refractivity contribution in [1.29, 1.82) is 0 Å². The van der Waals surface area contributed by atoms with Gasteiger partial charge in [0.15, 0.2) is 6.23 Å². The molecule has 0 saturated heterocycles. The lowest BCUT2D eigenvalue weighted by Gasteiger charge is -2.26. The van der Waals surface area contributed by atoms with Gasteiger partial charge in [0.05, 0.1) is 12.2 Å². The number of fused-ring (bicyclic) bond motifs is 1. The van der Waals surface area contributed by atoms with Crippen LogP contribution in [-0.2, 0) is 9.53 Å². The van der Waals surface area contributed by atoms with Crippen LogP contribution in [-0.4, -0.2) is 24.7 Å². The molecule has 0 aromatic heterocycles. The second-order valence-electron chi connectivity index (χ2n) is 4.21. The first-order valence-corrected chi connectivity index (χ1v) is 5.78. The van der Waals surface area contributed by atoms with E-state index in [-0.39, 0.29) is 18.5 Å². The first kappa shape index (κ1) is 12.4. The van der Waals surface area contributed by atoms with Crippen LogP contribution in [0.2, 0.25) is 0 Å². The lowest BCUT2D eigenvalue weighted by molar-refractivity contribution is -0.141. The van der Waals surface area contributed by atoms with Crippen molar-refractivity contribution in [3.8, 4) is 5.75 Å². The van der Waals surface area contributed by atoms with Crippen LogP contribution in [0.25, 0.3) is 0 Å². The Balaban J connectivity index is 2.02. The molecule has 1 heterocycles. The molecule has 1 aromatic carbocycles. The lowest BCUT2D eigenvalue weighted by Crippen LogP contribution is -2.44. The maximum absolute atomic E-state index is 11.8. The van der Waals surface area contributed by atoms with Gasteiger partial charge in [-0.3, -0.25) is 9.59 Å². The fourth-order valence-electron chi connectivity index (χ4n) is 1.77. The molecule has 0 saturated carbocycles. The van der Waals surface area contributed by atoms with Gasteiger partial charge < -0.3 is 14.8 Å². The van der Waals surface area contributed by atoms with Crippen molar-refractivity contribution in [2.75, 3.05) is 6.61 Å². The molecule has 0 aliphatic carbocycles. The van der Waals surface area contributed by atoms with E-state index in [2.05, 4.69) is 5.32 Å². The lowest BCUT2D eigenvalue weighted by atomic mass is 10.1. The molecule has 1 unspecified atom stereocenters. The minimum absolute atomic E-state index is 0.159. The Bertz CT molecular complexity index is 484. The summed E-state index contributed by atoms with van der Waals surface area (Å²) in [4.78, 5) is 22.5. The van der Waals surface area contributed by atoms with Crippen LogP contribution in [0.1, 0.15) is 29.3 Å². The largest absolute Gasteiger partial charge is 0.470 e. The van der Waals surface area contributed by atoms with Crippen molar-refractivity contribution in [3.05, 3.63) is 29.3 Å². The highest BCUT2D eigenvalue weighted by atomic mass is 16.5. The molecular formula is C13H15NO4. The summed E-state index contributed by atoms with van der Waals surface area (Å²) >= 11 is 0. The van der Waals surface area contributed by atoms with Gasteiger partial charge in [0.25, 0.3) is 5.91 Å². The van der Waals surface area contributed by atoms with Crippen molar-refractivity contribution < 1.29 is 19.1 Å². The van der Waals surface area contributed by atoms with Gasteiger partial charge in [0.2, 0.25) is 0 Å². The van der Waals surface area contributed by atoms with Gasteiger partial charge >= 0.3 is 5.97 Å². The number of aryl methyl sites for hydroxylation is 1. The molecule has 2 rings (SSSR count). The van der Waals surface area contributed by atoms with E-state index in [9.17, 15) is 9.59 Å². The molecule has 1 aromatic rings. The summed E-state index contributed by atoms with van der Waals surface area (Å²) in [7, 11) is 0. The summed E-state index contributed by atoms with van der Waals surface area (Å²) in [6.45, 7) is 3.49. The molecule has 0 bridgehead atoms. The number of hydrogen-bond acceptors (Lipinski definition) is 4. The molecule has 0 radical (unpaired) electrons. The molecule has 1 aliphatic rings. The van der Waals surface area contributed by atoms with Gasteiger partial charge in [-0.05, 0) is 19.1 Å². The van der Waals surface area contributed by atoms with Crippen LogP contribution in [0.4, 0.5) is 0 Å². The molecule has 1 N–H and O–H groups in total. The first-order chi connectivity index (χ1) is 8.56. The predicted octanol–water partition coefficient (Wildman–Crippen LogP) is 1.40. The van der Waals surface area contributed by atoms with E-state index in [1.165, 1.54) is 6.92 Å². The molecule has 5 nitrogen and oxygen atoms in total. The Hall–Kier alpha value is -2.04. The summed E-state index contributed by atoms with van der Waals surface area (Å²) in [6, 6.07) is 5.45. The van der Waals surface area contributed by atoms with E-state index in [0.717, 1.165) is 5.56 Å². The molecule has 1 atom stereocenters. The molecule has 5 heteroatoms. The molecule has 1 amide bonds. The van der Waals surface area contributed by atoms with Gasteiger partial charge in [0, 0.05) is 13.3 Å². The topological polar surface area (TPSA) is 64.6 Å². The molecule has 0 spiro atoms. The van der Waals surface area contributed by atoms with Crippen LogP contribution >= 0.6 is 0 Å². The number of nitrogens with one attached hydrogen (secondary N) is 1. The Kier molecular flexibility index (Phi) is 3.50. The highest BCUT2D eigenvalue weighted by Crippen LogP contribution is 2.24. The number of ether oxygens (including phenoxy) is 2. The number of carbonyl (C=O) groups is 2. The molecule has 1 aliphatic heterocycles. The molecule has 18 heavy (non-hydrogen) atoms. The number of hydrogen-bond donors (Lipinski definition) is 1. The van der Waals surface area contributed by atoms with Crippen molar-refractivity contribution in [2.24, 2.45) is 0 Å². The predicted molar refractivity (Wildman–Crippen MR) is 64.3 cm³/mol. The second kappa shape index (κ2) is 5.08. The highest BCUT2D eigenvalue weighted by molar-refractivity contribution is 5.98. The highest BCUT2D eigenvalue weighted by Gasteiger charge is 2.25. The summed E-state index contributed by atoms with van der Waals surface area (Å²) in [5.41, 5.74) is 1.55. The van der Waals surface area contributed by atoms with E-state index >= 15 is 0 Å². The van der Waals surface area contributed by atoms with Crippen molar-refractivity contribution in [3.63, 3.8) is 0 Å². The van der Waals surface area contributed by atoms with Crippen LogP contribution in [0.3, 0.4) is 0 Å². The van der Waals surface area contributed by atoms with Crippen LogP contribution in [0.5, 0.6) is 5.75 Å². The number of benzene rings is 1. The minimum atomic E-state index is -0.452. The normalized spacial score (nSPS) is 17.4. The van der Waals surface area contributed by atoms with E-state index < -0.39 is 6.23 Å². The third kappa shape index (κ3) is 2.80. The Morgan fingerprint density at radius 2 is 2.28 bits per heavy atom. The number of esters is 1. The second-order valence-corrected chi connectivity index (χ2v) is 4.21. The monoisotopic (exact) mass is 249 g/mol. The molecule has 0 fully saturated rings. The fourth-order valence-corrected chi connectivity index (χ4v) is 1.77. The Morgan fingerprint density at radius 1 is 1.50 bits per heavy atom. The minimum Gasteiger partial charge on any atom is -0.470 e. The van der Waals surface area contributed by atoms with Gasteiger partial charge in [-0.2, -0.15) is 0 Å². The quantitative estimate of drug-likeness (QED) is 0.822. The zero-order valence-electron chi connectivity index (χ0n) is 10.4. The third-order valence-electron chi connectivity index (χ3n) is 2.63. The fraction of sp³-hybridized carbons (Fsp3) is 0.385. The Morgan fingerprint density at radius 3 is 3.00 bits per heavy atom. The van der Waals surface area contributed by atoms with Gasteiger partial charge in [-0.25, -0.2) is 0 Å². The molecular weight excluding hydrogens is 234 g/mol. The summed E-state index contributed by atoms with van der Waals surface area (Å²) in [5, 5.41) is 2.72. The maximum atomic E-state index is 11.8. The van der Waals surface area contributed by atoms with Gasteiger partial charge in [-0.1, -0.05) is 11.6 Å². The van der Waals surface area contributed by atoms with E-state index in [1.54, 1.807) is 12.1 Å². The summed E-state index contributed by atoms with van der Waals surface area (Å²) in [6.07, 6.45) is -0.0226. The Labute approximate surface area is 105 Å². The molecule has 96 valence electrons. The van der Waals surface area contributed by atoms with Crippen LogP contribution in [0.15, 0.2) is 18.2 Å². The van der Waals surface area contributed by atoms with E-state index in [1.807, 2.05) is 13.0 Å². The smallest absolute Gasteiger partial charge is 0.302 e. The summed E-state index contributed by atoms with van der Waals surface area (Å²) in [5.74, 6) is 0.0677. The number of amides is 1. The van der Waals surface area contributed by atoms with Crippen molar-refractivity contribution >= 4 is 11.9 Å². The summed E-state index contributed by atoms with van der Waals surface area (Å²) < 4.78 is 10.4. The van der Waals surface area contributed by atoms with Gasteiger partial charge in [0.1, 0.15) is 5.75 Å². The van der Waals surface area contributed by atoms with E-state index in [0.29, 0.717) is 17.7 Å².